The van der Waals surface area contributed by atoms with Crippen LogP contribution in [0, 0.1) is 0 Å². The monoisotopic (exact) mass is 474 g/mol. The molecule has 32 heavy (non-hydrogen) atoms. The second-order valence-corrected chi connectivity index (χ2v) is 10.7. The van der Waals surface area contributed by atoms with Crippen LogP contribution in [0.25, 0.3) is 0 Å². The van der Waals surface area contributed by atoms with Crippen LogP contribution in [0.1, 0.15) is 31.7 Å². The van der Waals surface area contributed by atoms with Gasteiger partial charge in [0, 0.05) is 11.4 Å². The largest absolute Gasteiger partial charge is 0.497 e. The van der Waals surface area contributed by atoms with Crippen LogP contribution in [0.4, 0.5) is 11.4 Å². The lowest BCUT2D eigenvalue weighted by molar-refractivity contribution is 0.415. The van der Waals surface area contributed by atoms with Crippen LogP contribution in [-0.4, -0.2) is 23.9 Å². The van der Waals surface area contributed by atoms with Crippen molar-refractivity contribution in [2.24, 2.45) is 0 Å². The quantitative estimate of drug-likeness (QED) is 0.463. The molecule has 0 spiro atoms. The summed E-state index contributed by atoms with van der Waals surface area (Å²) in [4.78, 5) is 0.150. The first kappa shape index (κ1) is 23.6. The van der Waals surface area contributed by atoms with Gasteiger partial charge in [0.2, 0.25) is 0 Å². The summed E-state index contributed by atoms with van der Waals surface area (Å²) < 4.78 is 60.6. The van der Waals surface area contributed by atoms with Crippen LogP contribution in [0.3, 0.4) is 0 Å². The van der Waals surface area contributed by atoms with Gasteiger partial charge < -0.3 is 4.74 Å². The summed E-state index contributed by atoms with van der Waals surface area (Å²) in [6, 6.07) is 18.7. The Morgan fingerprint density at radius 1 is 0.719 bits per heavy atom. The number of hydrogen-bond donors (Lipinski definition) is 2. The van der Waals surface area contributed by atoms with E-state index in [1.807, 2.05) is 12.1 Å². The highest BCUT2D eigenvalue weighted by Crippen LogP contribution is 2.24. The smallest absolute Gasteiger partial charge is 0.261 e. The van der Waals surface area contributed by atoms with Gasteiger partial charge in [0.15, 0.2) is 0 Å². The predicted molar refractivity (Wildman–Crippen MR) is 126 cm³/mol. The maximum absolute atomic E-state index is 12.7. The van der Waals surface area contributed by atoms with Crippen molar-refractivity contribution in [1.29, 1.82) is 0 Å². The zero-order valence-corrected chi connectivity index (χ0v) is 19.7. The van der Waals surface area contributed by atoms with Crippen molar-refractivity contribution < 1.29 is 21.6 Å². The molecule has 3 aromatic rings. The molecule has 0 saturated heterocycles. The van der Waals surface area contributed by atoms with E-state index in [0.717, 1.165) is 12.0 Å². The fraction of sp³-hybridized carbons (Fsp3) is 0.217. The lowest BCUT2D eigenvalue weighted by Gasteiger charge is -2.12. The summed E-state index contributed by atoms with van der Waals surface area (Å²) in [6.45, 7) is 4.16. The molecule has 1 atom stereocenters. The molecule has 0 radical (unpaired) electrons. The Hall–Kier alpha value is -3.04. The van der Waals surface area contributed by atoms with Crippen molar-refractivity contribution in [1.82, 2.24) is 0 Å². The van der Waals surface area contributed by atoms with Gasteiger partial charge in [0.25, 0.3) is 20.0 Å². The number of rotatable bonds is 9. The number of nitrogens with one attached hydrogen (secondary N) is 2. The molecule has 0 aliphatic heterocycles. The molecule has 0 fully saturated rings. The topological polar surface area (TPSA) is 102 Å². The van der Waals surface area contributed by atoms with Crippen molar-refractivity contribution >= 4 is 31.4 Å². The molecule has 1 unspecified atom stereocenters. The molecule has 3 rings (SSSR count). The number of ether oxygens (including phenoxy) is 1. The van der Waals surface area contributed by atoms with E-state index in [2.05, 4.69) is 23.3 Å². The van der Waals surface area contributed by atoms with E-state index in [1.165, 1.54) is 31.4 Å². The van der Waals surface area contributed by atoms with Gasteiger partial charge in [0.1, 0.15) is 5.75 Å². The molecule has 0 bridgehead atoms. The molecule has 170 valence electrons. The zero-order chi connectivity index (χ0) is 23.4. The number of sulfonamides is 2. The molecular formula is C23H26N2O5S2. The van der Waals surface area contributed by atoms with Crippen molar-refractivity contribution in [3.8, 4) is 5.75 Å². The summed E-state index contributed by atoms with van der Waals surface area (Å²) >= 11 is 0. The molecular weight excluding hydrogens is 448 g/mol. The second kappa shape index (κ2) is 9.62. The molecule has 2 N–H and O–H groups in total. The minimum absolute atomic E-state index is 0.00849. The number of methoxy groups -OCH3 is 1. The minimum Gasteiger partial charge on any atom is -0.497 e. The van der Waals surface area contributed by atoms with Crippen LogP contribution in [0.15, 0.2) is 82.6 Å². The fourth-order valence-corrected chi connectivity index (χ4v) is 5.12. The van der Waals surface area contributed by atoms with Crippen LogP contribution in [0.5, 0.6) is 5.75 Å². The first-order chi connectivity index (χ1) is 15.1. The molecule has 0 saturated carbocycles. The van der Waals surface area contributed by atoms with E-state index in [4.69, 9.17) is 4.74 Å². The molecule has 0 amide bonds. The van der Waals surface area contributed by atoms with Gasteiger partial charge in [-0.05, 0) is 78.6 Å². The number of benzene rings is 3. The average molecular weight is 475 g/mol. The zero-order valence-electron chi connectivity index (χ0n) is 18.1. The Balaban J connectivity index is 1.72. The van der Waals surface area contributed by atoms with E-state index in [-0.39, 0.29) is 15.5 Å². The van der Waals surface area contributed by atoms with Crippen molar-refractivity contribution in [3.05, 3.63) is 78.4 Å². The summed E-state index contributed by atoms with van der Waals surface area (Å²) in [5.41, 5.74) is 1.72. The maximum Gasteiger partial charge on any atom is 0.261 e. The SMILES string of the molecule is CCC(C)c1ccc(S(=O)(=O)Nc2ccc(S(=O)(=O)Nc3ccc(OC)cc3)cc2)cc1. The van der Waals surface area contributed by atoms with Gasteiger partial charge >= 0.3 is 0 Å². The highest BCUT2D eigenvalue weighted by atomic mass is 32.2. The highest BCUT2D eigenvalue weighted by molar-refractivity contribution is 7.93. The number of anilines is 2. The summed E-state index contributed by atoms with van der Waals surface area (Å²) in [6.07, 6.45) is 0.965. The summed E-state index contributed by atoms with van der Waals surface area (Å²) in [5.74, 6) is 0.958. The standard InChI is InChI=1S/C23H26N2O5S2/c1-4-17(2)18-5-13-22(14-6-18)31(26,27)25-20-9-15-23(16-10-20)32(28,29)24-19-7-11-21(30-3)12-8-19/h5-17,24-25H,4H2,1-3H3. The maximum atomic E-state index is 12.7. The Morgan fingerprint density at radius 3 is 1.53 bits per heavy atom. The fourth-order valence-electron chi connectivity index (χ4n) is 3.00. The number of hydrogen-bond acceptors (Lipinski definition) is 5. The third-order valence-electron chi connectivity index (χ3n) is 5.13. The van der Waals surface area contributed by atoms with Gasteiger partial charge in [-0.1, -0.05) is 26.0 Å². The first-order valence-corrected chi connectivity index (χ1v) is 13.0. The normalized spacial score (nSPS) is 12.7. The van der Waals surface area contributed by atoms with E-state index < -0.39 is 20.0 Å². The van der Waals surface area contributed by atoms with Crippen molar-refractivity contribution in [2.45, 2.75) is 36.0 Å². The van der Waals surface area contributed by atoms with Crippen molar-refractivity contribution in [2.75, 3.05) is 16.6 Å². The molecule has 7 nitrogen and oxygen atoms in total. The van der Waals surface area contributed by atoms with Gasteiger partial charge in [-0.25, -0.2) is 16.8 Å². The van der Waals surface area contributed by atoms with Crippen LogP contribution in [0.2, 0.25) is 0 Å². The Bertz CT molecular complexity index is 1250. The first-order valence-electron chi connectivity index (χ1n) is 10.0. The Kier molecular flexibility index (Phi) is 7.10. The second-order valence-electron chi connectivity index (χ2n) is 7.34. The van der Waals surface area contributed by atoms with Crippen LogP contribution >= 0.6 is 0 Å². The van der Waals surface area contributed by atoms with E-state index in [1.54, 1.807) is 36.4 Å². The Labute approximate surface area is 189 Å². The third-order valence-corrected chi connectivity index (χ3v) is 7.93. The molecule has 0 aromatic heterocycles. The predicted octanol–water partition coefficient (Wildman–Crippen LogP) is 4.81. The minimum atomic E-state index is -3.83. The average Bonchev–Trinajstić information content (AvgIpc) is 2.79. The lowest BCUT2D eigenvalue weighted by atomic mass is 9.99. The van der Waals surface area contributed by atoms with Crippen LogP contribution < -0.4 is 14.2 Å². The molecule has 0 heterocycles. The van der Waals surface area contributed by atoms with E-state index >= 15 is 0 Å². The van der Waals surface area contributed by atoms with E-state index in [9.17, 15) is 16.8 Å². The lowest BCUT2D eigenvalue weighted by Crippen LogP contribution is -2.14. The molecule has 0 aliphatic carbocycles. The summed E-state index contributed by atoms with van der Waals surface area (Å²) in [5, 5.41) is 0. The molecule has 9 heteroatoms. The molecule has 0 aliphatic rings. The van der Waals surface area contributed by atoms with Gasteiger partial charge in [0.05, 0.1) is 16.9 Å². The third kappa shape index (κ3) is 5.60. The summed E-state index contributed by atoms with van der Waals surface area (Å²) in [7, 11) is -6.10. The van der Waals surface area contributed by atoms with Gasteiger partial charge in [-0.3, -0.25) is 9.44 Å². The van der Waals surface area contributed by atoms with Crippen LogP contribution in [-0.2, 0) is 20.0 Å². The van der Waals surface area contributed by atoms with Gasteiger partial charge in [-0.15, -0.1) is 0 Å². The van der Waals surface area contributed by atoms with Crippen molar-refractivity contribution in [3.63, 3.8) is 0 Å². The highest BCUT2D eigenvalue weighted by Gasteiger charge is 2.17. The Morgan fingerprint density at radius 2 is 1.12 bits per heavy atom. The van der Waals surface area contributed by atoms with E-state index in [0.29, 0.717) is 17.4 Å². The molecule has 3 aromatic carbocycles. The van der Waals surface area contributed by atoms with Gasteiger partial charge in [-0.2, -0.15) is 0 Å².